The van der Waals surface area contributed by atoms with E-state index < -0.39 is 11.7 Å². The second-order valence-corrected chi connectivity index (χ2v) is 4.36. The van der Waals surface area contributed by atoms with Gasteiger partial charge >= 0.3 is 6.18 Å². The molecular formula is C13H19F3N2. The molecule has 1 aromatic carbocycles. The number of benzene rings is 1. The Kier molecular flexibility index (Phi) is 5.47. The number of hydrogen-bond donors (Lipinski definition) is 2. The van der Waals surface area contributed by atoms with Gasteiger partial charge in [0.15, 0.2) is 0 Å². The van der Waals surface area contributed by atoms with Crippen LogP contribution in [0.25, 0.3) is 0 Å². The summed E-state index contributed by atoms with van der Waals surface area (Å²) in [6, 6.07) is 5.03. The highest BCUT2D eigenvalue weighted by Gasteiger charge is 2.29. The predicted molar refractivity (Wildman–Crippen MR) is 67.4 cm³/mol. The fourth-order valence-electron chi connectivity index (χ4n) is 1.59. The van der Waals surface area contributed by atoms with E-state index in [-0.39, 0.29) is 6.04 Å². The third kappa shape index (κ3) is 4.96. The molecule has 0 bridgehead atoms. The van der Waals surface area contributed by atoms with Gasteiger partial charge in [-0.2, -0.15) is 13.2 Å². The molecule has 0 heterocycles. The standard InChI is InChI=1S/C13H19F3N2/c1-2-3-4-11(17)9-18-12-7-5-10(6-8-12)13(14,15)16/h5-8,11,18H,2-4,9,17H2,1H3. The second-order valence-electron chi connectivity index (χ2n) is 4.36. The van der Waals surface area contributed by atoms with Gasteiger partial charge in [-0.3, -0.25) is 0 Å². The van der Waals surface area contributed by atoms with Crippen molar-refractivity contribution in [1.82, 2.24) is 0 Å². The monoisotopic (exact) mass is 260 g/mol. The van der Waals surface area contributed by atoms with Gasteiger partial charge in [0.2, 0.25) is 0 Å². The lowest BCUT2D eigenvalue weighted by Gasteiger charge is -2.14. The van der Waals surface area contributed by atoms with Crippen LogP contribution in [-0.4, -0.2) is 12.6 Å². The van der Waals surface area contributed by atoms with Gasteiger partial charge in [-0.05, 0) is 30.7 Å². The first kappa shape index (κ1) is 14.8. The highest BCUT2D eigenvalue weighted by Crippen LogP contribution is 2.29. The highest BCUT2D eigenvalue weighted by molar-refractivity contribution is 5.45. The molecule has 18 heavy (non-hydrogen) atoms. The number of hydrogen-bond acceptors (Lipinski definition) is 2. The van der Waals surface area contributed by atoms with Crippen molar-refractivity contribution in [3.05, 3.63) is 29.8 Å². The van der Waals surface area contributed by atoms with E-state index in [2.05, 4.69) is 12.2 Å². The number of alkyl halides is 3. The lowest BCUT2D eigenvalue weighted by Crippen LogP contribution is -2.28. The number of unbranched alkanes of at least 4 members (excludes halogenated alkanes) is 1. The number of anilines is 1. The van der Waals surface area contributed by atoms with Crippen LogP contribution in [-0.2, 0) is 6.18 Å². The number of rotatable bonds is 6. The molecule has 1 rings (SSSR count). The zero-order chi connectivity index (χ0) is 13.6. The number of nitrogens with two attached hydrogens (primary N) is 1. The Morgan fingerprint density at radius 3 is 2.33 bits per heavy atom. The summed E-state index contributed by atoms with van der Waals surface area (Å²) in [5, 5.41) is 3.04. The molecule has 5 heteroatoms. The van der Waals surface area contributed by atoms with E-state index in [1.54, 1.807) is 0 Å². The number of nitrogens with one attached hydrogen (secondary N) is 1. The van der Waals surface area contributed by atoms with Gasteiger partial charge in [-0.25, -0.2) is 0 Å². The SMILES string of the molecule is CCCCC(N)CNc1ccc(C(F)(F)F)cc1. The summed E-state index contributed by atoms with van der Waals surface area (Å²) in [6.07, 6.45) is -1.20. The van der Waals surface area contributed by atoms with Crippen molar-refractivity contribution in [2.75, 3.05) is 11.9 Å². The topological polar surface area (TPSA) is 38.0 Å². The molecule has 0 aliphatic heterocycles. The average molecular weight is 260 g/mol. The van der Waals surface area contributed by atoms with Crippen LogP contribution in [0.3, 0.4) is 0 Å². The van der Waals surface area contributed by atoms with E-state index in [1.807, 2.05) is 0 Å². The Hall–Kier alpha value is -1.23. The van der Waals surface area contributed by atoms with Crippen molar-refractivity contribution in [2.45, 2.75) is 38.4 Å². The van der Waals surface area contributed by atoms with Crippen LogP contribution in [0.1, 0.15) is 31.7 Å². The van der Waals surface area contributed by atoms with Gasteiger partial charge < -0.3 is 11.1 Å². The second kappa shape index (κ2) is 6.64. The normalized spacial score (nSPS) is 13.4. The smallest absolute Gasteiger partial charge is 0.383 e. The minimum Gasteiger partial charge on any atom is -0.383 e. The molecule has 0 aliphatic rings. The van der Waals surface area contributed by atoms with E-state index in [0.29, 0.717) is 12.2 Å². The largest absolute Gasteiger partial charge is 0.416 e. The zero-order valence-electron chi connectivity index (χ0n) is 10.4. The molecule has 0 aliphatic carbocycles. The third-order valence-electron chi connectivity index (χ3n) is 2.71. The van der Waals surface area contributed by atoms with E-state index in [9.17, 15) is 13.2 Å². The highest BCUT2D eigenvalue weighted by atomic mass is 19.4. The average Bonchev–Trinajstić information content (AvgIpc) is 2.33. The summed E-state index contributed by atoms with van der Waals surface area (Å²) < 4.78 is 37.0. The molecule has 1 atom stereocenters. The minimum absolute atomic E-state index is 0.0345. The summed E-state index contributed by atoms with van der Waals surface area (Å²) in [5.74, 6) is 0. The van der Waals surface area contributed by atoms with Crippen molar-refractivity contribution in [3.8, 4) is 0 Å². The summed E-state index contributed by atoms with van der Waals surface area (Å²) in [4.78, 5) is 0. The van der Waals surface area contributed by atoms with E-state index in [0.717, 1.165) is 31.4 Å². The van der Waals surface area contributed by atoms with Crippen LogP contribution in [0.2, 0.25) is 0 Å². The van der Waals surface area contributed by atoms with Crippen molar-refractivity contribution in [3.63, 3.8) is 0 Å². The molecule has 0 saturated carbocycles. The fraction of sp³-hybridized carbons (Fsp3) is 0.538. The first-order valence-electron chi connectivity index (χ1n) is 6.10. The molecule has 1 aromatic rings. The Bertz CT molecular complexity index is 346. The Balaban J connectivity index is 2.44. The van der Waals surface area contributed by atoms with Crippen LogP contribution >= 0.6 is 0 Å². The van der Waals surface area contributed by atoms with Gasteiger partial charge in [-0.15, -0.1) is 0 Å². The van der Waals surface area contributed by atoms with Gasteiger partial charge in [0.05, 0.1) is 5.56 Å². The van der Waals surface area contributed by atoms with Crippen LogP contribution in [0.5, 0.6) is 0 Å². The molecule has 0 radical (unpaired) electrons. The van der Waals surface area contributed by atoms with E-state index in [1.165, 1.54) is 12.1 Å². The number of halogens is 3. The Morgan fingerprint density at radius 1 is 1.22 bits per heavy atom. The Labute approximate surface area is 105 Å². The van der Waals surface area contributed by atoms with Crippen molar-refractivity contribution in [1.29, 1.82) is 0 Å². The van der Waals surface area contributed by atoms with E-state index >= 15 is 0 Å². The zero-order valence-corrected chi connectivity index (χ0v) is 10.4. The molecule has 102 valence electrons. The van der Waals surface area contributed by atoms with Crippen LogP contribution in [0.4, 0.5) is 18.9 Å². The fourth-order valence-corrected chi connectivity index (χ4v) is 1.59. The summed E-state index contributed by atoms with van der Waals surface area (Å²) in [5.41, 5.74) is 5.89. The maximum atomic E-state index is 12.3. The first-order chi connectivity index (χ1) is 8.43. The lowest BCUT2D eigenvalue weighted by atomic mass is 10.1. The molecule has 3 N–H and O–H groups in total. The molecule has 1 unspecified atom stereocenters. The summed E-state index contributed by atoms with van der Waals surface area (Å²) >= 11 is 0. The van der Waals surface area contributed by atoms with E-state index in [4.69, 9.17) is 5.73 Å². The van der Waals surface area contributed by atoms with Gasteiger partial charge in [0, 0.05) is 18.3 Å². The third-order valence-corrected chi connectivity index (χ3v) is 2.71. The molecule has 0 amide bonds. The van der Waals surface area contributed by atoms with Gasteiger partial charge in [0.1, 0.15) is 0 Å². The lowest BCUT2D eigenvalue weighted by molar-refractivity contribution is -0.137. The minimum atomic E-state index is -4.28. The van der Waals surface area contributed by atoms with Crippen molar-refractivity contribution >= 4 is 5.69 Å². The quantitative estimate of drug-likeness (QED) is 0.819. The molecule has 0 fully saturated rings. The molecule has 0 saturated heterocycles. The molecular weight excluding hydrogens is 241 g/mol. The maximum Gasteiger partial charge on any atom is 0.416 e. The predicted octanol–water partition coefficient (Wildman–Crippen LogP) is 3.63. The van der Waals surface area contributed by atoms with Crippen molar-refractivity contribution in [2.24, 2.45) is 5.73 Å². The Morgan fingerprint density at radius 2 is 1.83 bits per heavy atom. The van der Waals surface area contributed by atoms with Crippen molar-refractivity contribution < 1.29 is 13.2 Å². The first-order valence-corrected chi connectivity index (χ1v) is 6.10. The van der Waals surface area contributed by atoms with Gasteiger partial charge in [-0.1, -0.05) is 19.8 Å². The molecule has 2 nitrogen and oxygen atoms in total. The summed E-state index contributed by atoms with van der Waals surface area (Å²) in [7, 11) is 0. The van der Waals surface area contributed by atoms with Crippen LogP contribution in [0, 0.1) is 0 Å². The van der Waals surface area contributed by atoms with Gasteiger partial charge in [0.25, 0.3) is 0 Å². The maximum absolute atomic E-state index is 12.3. The molecule has 0 spiro atoms. The summed E-state index contributed by atoms with van der Waals surface area (Å²) in [6.45, 7) is 2.67. The van der Waals surface area contributed by atoms with Crippen LogP contribution in [0.15, 0.2) is 24.3 Å². The molecule has 0 aromatic heterocycles. The van der Waals surface area contributed by atoms with Crippen LogP contribution < -0.4 is 11.1 Å².